The Bertz CT molecular complexity index is 1160. The molecule has 12 heteroatoms. The Balaban J connectivity index is 0.00000432. The normalized spacial score (nSPS) is 13.9. The minimum Gasteiger partial charge on any atom is -0.777 e. The molecule has 0 fully saturated rings. The smallest absolute Gasteiger partial charge is 0.777 e. The Morgan fingerprint density at radius 3 is 2.29 bits per heavy atom. The number of nitrogens with zero attached hydrogens (tertiary/aromatic N) is 2. The van der Waals surface area contributed by atoms with Crippen molar-refractivity contribution >= 4 is 32.7 Å². The van der Waals surface area contributed by atoms with Crippen LogP contribution < -0.4 is 49.0 Å². The average Bonchev–Trinajstić information content (AvgIpc) is 2.83. The van der Waals surface area contributed by atoms with Gasteiger partial charge in [0.15, 0.2) is 13.3 Å². The van der Waals surface area contributed by atoms with Gasteiger partial charge in [0.25, 0.3) is 0 Å². The van der Waals surface area contributed by atoms with E-state index in [1.807, 2.05) is 54.6 Å². The molecule has 3 aromatic rings. The molecule has 8 nitrogen and oxygen atoms in total. The van der Waals surface area contributed by atoms with E-state index in [-0.39, 0.29) is 36.1 Å². The van der Waals surface area contributed by atoms with Crippen molar-refractivity contribution < 1.29 is 53.2 Å². The second-order valence-corrected chi connectivity index (χ2v) is 11.1. The van der Waals surface area contributed by atoms with E-state index in [2.05, 4.69) is 10.4 Å². The first-order valence-electron chi connectivity index (χ1n) is 10.2. The molecule has 0 saturated heterocycles. The second-order valence-electron chi connectivity index (χ2n) is 7.24. The Morgan fingerprint density at radius 1 is 1.11 bits per heavy atom. The van der Waals surface area contributed by atoms with Crippen molar-refractivity contribution in [3.05, 3.63) is 95.6 Å². The van der Waals surface area contributed by atoms with Crippen molar-refractivity contribution in [2.45, 2.75) is 12.3 Å². The third-order valence-electron chi connectivity index (χ3n) is 4.77. The first-order valence-corrected chi connectivity index (χ1v) is 14.1. The second kappa shape index (κ2) is 14.2. The summed E-state index contributed by atoms with van der Waals surface area (Å²) in [5, 5.41) is 7.22. The zero-order valence-corrected chi connectivity index (χ0v) is 24.3. The van der Waals surface area contributed by atoms with Crippen molar-refractivity contribution in [2.24, 2.45) is 5.10 Å². The number of benzene rings is 3. The van der Waals surface area contributed by atoms with Crippen molar-refractivity contribution in [2.75, 3.05) is 14.2 Å². The van der Waals surface area contributed by atoms with Gasteiger partial charge >= 0.3 is 36.6 Å². The number of hydrogen-bond acceptors (Lipinski definition) is 7. The van der Waals surface area contributed by atoms with Gasteiger partial charge in [-0.05, 0) is 53.1 Å². The largest absolute Gasteiger partial charge is 1.00 e. The molecule has 35 heavy (non-hydrogen) atoms. The van der Waals surface area contributed by atoms with Gasteiger partial charge in [-0.1, -0.05) is 47.2 Å². The van der Waals surface area contributed by atoms with Gasteiger partial charge in [-0.2, -0.15) is 0 Å². The van der Waals surface area contributed by atoms with Gasteiger partial charge in [0.1, 0.15) is 5.75 Å². The van der Waals surface area contributed by atoms with Crippen LogP contribution >= 0.6 is 14.7 Å². The van der Waals surface area contributed by atoms with Crippen LogP contribution in [0.5, 0.6) is 11.5 Å². The zero-order valence-electron chi connectivity index (χ0n) is 19.6. The van der Waals surface area contributed by atoms with Crippen LogP contribution in [-0.2, 0) is 22.9 Å². The van der Waals surface area contributed by atoms with E-state index >= 15 is 0 Å². The summed E-state index contributed by atoms with van der Waals surface area (Å²) in [7, 11) is -2.86. The van der Waals surface area contributed by atoms with E-state index in [9.17, 15) is 14.4 Å². The van der Waals surface area contributed by atoms with Crippen LogP contribution in [0.4, 0.5) is 0 Å². The van der Waals surface area contributed by atoms with E-state index in [4.69, 9.17) is 21.1 Å². The van der Waals surface area contributed by atoms with E-state index in [0.29, 0.717) is 11.3 Å². The van der Waals surface area contributed by atoms with E-state index in [1.54, 1.807) is 49.4 Å². The molecule has 3 aromatic carbocycles. The molecule has 0 aliphatic rings. The molecule has 3 rings (SSSR count). The number of nitrogens with one attached hydrogen (secondary N) is 1. The molecule has 0 aliphatic heterocycles. The molecular formula is C23H25N3NaO5P2S+. The van der Waals surface area contributed by atoms with Crippen LogP contribution in [0, 0.1) is 0 Å². The fraction of sp³-hybridized carbons (Fsp3) is 0.174. The molecule has 0 spiro atoms. The Kier molecular flexibility index (Phi) is 12.0. The molecule has 0 saturated carbocycles. The number of rotatable bonds is 11. The van der Waals surface area contributed by atoms with Crippen molar-refractivity contribution in [3.8, 4) is 11.5 Å². The van der Waals surface area contributed by atoms with E-state index in [0.717, 1.165) is 16.9 Å². The molecule has 0 radical (unpaired) electrons. The average molecular weight is 540 g/mol. The van der Waals surface area contributed by atoms with Crippen molar-refractivity contribution in [3.63, 3.8) is 0 Å². The minimum absolute atomic E-state index is 0. The Morgan fingerprint density at radius 2 is 1.71 bits per heavy atom. The SMILES string of the molecule is COc1ccc(/C=N/N(C)[P+](=S)Oc2ccc(C(NCc3ccccc3)P(=O)([O-])O)cc2)cc1.[Na+]. The van der Waals surface area contributed by atoms with E-state index in [1.165, 1.54) is 0 Å². The van der Waals surface area contributed by atoms with Crippen LogP contribution in [0.25, 0.3) is 0 Å². The number of ether oxygens (including phenoxy) is 1. The monoisotopic (exact) mass is 540 g/mol. The number of methoxy groups -OCH3 is 1. The van der Waals surface area contributed by atoms with Gasteiger partial charge in [-0.3, -0.25) is 9.84 Å². The molecule has 178 valence electrons. The maximum atomic E-state index is 12.0. The number of hydrogen-bond donors (Lipinski definition) is 2. The maximum Gasteiger partial charge on any atom is 1.00 e. The van der Waals surface area contributed by atoms with E-state index < -0.39 is 20.5 Å². The summed E-state index contributed by atoms with van der Waals surface area (Å²) < 4.78 is 24.5. The molecule has 0 bridgehead atoms. The predicted octanol–water partition coefficient (Wildman–Crippen LogP) is 1.15. The third kappa shape index (κ3) is 9.39. The fourth-order valence-electron chi connectivity index (χ4n) is 2.97. The van der Waals surface area contributed by atoms with Gasteiger partial charge in [-0.25, -0.2) is 0 Å². The summed E-state index contributed by atoms with van der Waals surface area (Å²) >= 11 is 5.42. The van der Waals surface area contributed by atoms with Crippen LogP contribution in [0.15, 0.2) is 84.0 Å². The molecule has 3 atom stereocenters. The van der Waals surface area contributed by atoms with Gasteiger partial charge in [0.05, 0.1) is 26.2 Å². The van der Waals surface area contributed by atoms with Crippen molar-refractivity contribution in [1.29, 1.82) is 0 Å². The molecule has 0 aliphatic carbocycles. The molecule has 0 amide bonds. The predicted molar refractivity (Wildman–Crippen MR) is 136 cm³/mol. The van der Waals surface area contributed by atoms with Crippen molar-refractivity contribution in [1.82, 2.24) is 10.1 Å². The third-order valence-corrected chi connectivity index (χ3v) is 7.78. The van der Waals surface area contributed by atoms with Gasteiger partial charge < -0.3 is 19.1 Å². The summed E-state index contributed by atoms with van der Waals surface area (Å²) in [6.07, 6.45) is 1.67. The minimum atomic E-state index is -4.69. The Labute approximate surface area is 233 Å². The molecule has 0 heterocycles. The molecule has 3 unspecified atom stereocenters. The first-order chi connectivity index (χ1) is 16.3. The maximum absolute atomic E-state index is 12.0. The Hall–Kier alpha value is -1.64. The topological polar surface area (TPSA) is 106 Å². The van der Waals surface area contributed by atoms with Gasteiger partial charge in [0.2, 0.25) is 11.8 Å². The van der Waals surface area contributed by atoms with Crippen LogP contribution in [0.1, 0.15) is 22.5 Å². The van der Waals surface area contributed by atoms with Gasteiger partial charge in [0, 0.05) is 6.54 Å². The molecule has 2 N–H and O–H groups in total. The summed E-state index contributed by atoms with van der Waals surface area (Å²) in [6, 6.07) is 23.2. The quantitative estimate of drug-likeness (QED) is 0.162. The standard InChI is InChI=1S/C23H25N3O5P2S.Na/c1-26(25-17-19-8-12-21(30-2)13-9-19)32(34)31-22-14-10-20(11-15-22)23(33(27,28)29)24-16-18-6-4-3-5-7-18;/h3-15,17,23-24H,16H2,1-2H3,(H-,27,28,29);/q;+1/b25-17+;. The summed E-state index contributed by atoms with van der Waals surface area (Å²) in [6.45, 7) is 0.283. The molecular weight excluding hydrogens is 515 g/mol. The molecule has 0 aromatic heterocycles. The summed E-state index contributed by atoms with van der Waals surface area (Å²) in [5.74, 6) is -0.0183. The van der Waals surface area contributed by atoms with Crippen LogP contribution in [0.3, 0.4) is 0 Å². The number of hydrazone groups is 1. The van der Waals surface area contributed by atoms with Crippen LogP contribution in [-0.4, -0.2) is 30.0 Å². The summed E-state index contributed by atoms with van der Waals surface area (Å²) in [4.78, 5) is 21.7. The van der Waals surface area contributed by atoms with Gasteiger partial charge in [-0.15, -0.1) is 5.10 Å². The van der Waals surface area contributed by atoms with Crippen LogP contribution in [0.2, 0.25) is 0 Å². The summed E-state index contributed by atoms with van der Waals surface area (Å²) in [5.41, 5.74) is 2.18. The zero-order chi connectivity index (χ0) is 24.6. The fourth-order valence-corrected chi connectivity index (χ4v) is 4.79. The first kappa shape index (κ1) is 29.6.